The third-order valence-electron chi connectivity index (χ3n) is 3.23. The summed E-state index contributed by atoms with van der Waals surface area (Å²) < 4.78 is 27.4. The van der Waals surface area contributed by atoms with Gasteiger partial charge in [-0.05, 0) is 49.7 Å². The minimum absolute atomic E-state index is 0.311. The molecule has 1 atom stereocenters. The van der Waals surface area contributed by atoms with Crippen molar-refractivity contribution in [2.75, 3.05) is 11.4 Å². The first kappa shape index (κ1) is 14.5. The lowest BCUT2D eigenvalue weighted by Gasteiger charge is -2.27. The first-order valence-electron chi connectivity index (χ1n) is 6.61. The summed E-state index contributed by atoms with van der Waals surface area (Å²) in [5, 5.41) is 0. The van der Waals surface area contributed by atoms with Crippen molar-refractivity contribution < 1.29 is 8.78 Å². The van der Waals surface area contributed by atoms with Gasteiger partial charge in [-0.2, -0.15) is 0 Å². The average Bonchev–Trinajstić information content (AvgIpc) is 2.42. The molecule has 0 amide bonds. The van der Waals surface area contributed by atoms with Crippen molar-refractivity contribution in [1.82, 2.24) is 0 Å². The van der Waals surface area contributed by atoms with Gasteiger partial charge >= 0.3 is 0 Å². The Bertz CT molecular complexity index is 597. The molecule has 2 nitrogen and oxygen atoms in total. The summed E-state index contributed by atoms with van der Waals surface area (Å²) in [5.74, 6) is -0.653. The molecule has 106 valence electrons. The van der Waals surface area contributed by atoms with Crippen LogP contribution in [0.5, 0.6) is 0 Å². The van der Waals surface area contributed by atoms with Gasteiger partial charge in [0, 0.05) is 18.3 Å². The van der Waals surface area contributed by atoms with Crippen molar-refractivity contribution in [3.8, 4) is 0 Å². The molecule has 0 spiro atoms. The van der Waals surface area contributed by atoms with E-state index in [1.54, 1.807) is 36.1 Å². The van der Waals surface area contributed by atoms with Gasteiger partial charge in [0.2, 0.25) is 0 Å². The predicted molar refractivity (Wildman–Crippen MR) is 78.1 cm³/mol. The van der Waals surface area contributed by atoms with Crippen LogP contribution in [-0.2, 0) is 0 Å². The van der Waals surface area contributed by atoms with Gasteiger partial charge in [-0.1, -0.05) is 12.1 Å². The molecule has 0 bridgehead atoms. The maximum atomic E-state index is 14.0. The fourth-order valence-electron chi connectivity index (χ4n) is 2.28. The zero-order valence-corrected chi connectivity index (χ0v) is 11.6. The molecule has 0 aliphatic rings. The minimum atomic E-state index is -0.342. The number of nitrogens with two attached hydrogens (primary N) is 1. The largest absolute Gasteiger partial charge is 0.339 e. The van der Waals surface area contributed by atoms with Gasteiger partial charge in [0.25, 0.3) is 0 Å². The molecule has 0 aliphatic heterocycles. The molecule has 2 rings (SSSR count). The van der Waals surface area contributed by atoms with Crippen molar-refractivity contribution >= 4 is 11.4 Å². The molecule has 0 aromatic heterocycles. The Kier molecular flexibility index (Phi) is 4.35. The SMILES string of the molecule is CCN(c1ccccc1F)c1ccc(F)cc1C(C)N. The zero-order valence-electron chi connectivity index (χ0n) is 11.6. The summed E-state index contributed by atoms with van der Waals surface area (Å²) in [7, 11) is 0. The molecule has 0 aliphatic carbocycles. The lowest BCUT2D eigenvalue weighted by atomic mass is 10.0. The van der Waals surface area contributed by atoms with Crippen LogP contribution >= 0.6 is 0 Å². The molecular formula is C16H18F2N2. The zero-order chi connectivity index (χ0) is 14.7. The molecule has 20 heavy (non-hydrogen) atoms. The maximum absolute atomic E-state index is 14.0. The fourth-order valence-corrected chi connectivity index (χ4v) is 2.28. The highest BCUT2D eigenvalue weighted by Gasteiger charge is 2.17. The van der Waals surface area contributed by atoms with Crippen molar-refractivity contribution in [2.45, 2.75) is 19.9 Å². The van der Waals surface area contributed by atoms with Crippen molar-refractivity contribution in [1.29, 1.82) is 0 Å². The van der Waals surface area contributed by atoms with Crippen LogP contribution < -0.4 is 10.6 Å². The van der Waals surface area contributed by atoms with Gasteiger partial charge in [0.15, 0.2) is 0 Å². The van der Waals surface area contributed by atoms with Crippen molar-refractivity contribution in [2.24, 2.45) is 5.73 Å². The van der Waals surface area contributed by atoms with Gasteiger partial charge in [0.05, 0.1) is 5.69 Å². The maximum Gasteiger partial charge on any atom is 0.146 e. The van der Waals surface area contributed by atoms with Crippen LogP contribution in [0.4, 0.5) is 20.2 Å². The Labute approximate surface area is 117 Å². The Morgan fingerprint density at radius 2 is 1.80 bits per heavy atom. The van der Waals surface area contributed by atoms with E-state index >= 15 is 0 Å². The number of hydrogen-bond acceptors (Lipinski definition) is 2. The van der Waals surface area contributed by atoms with Crippen molar-refractivity contribution in [3.63, 3.8) is 0 Å². The number of halogens is 2. The average molecular weight is 276 g/mol. The minimum Gasteiger partial charge on any atom is -0.339 e. The molecule has 2 aromatic rings. The first-order chi connectivity index (χ1) is 9.54. The van der Waals surface area contributed by atoms with Gasteiger partial charge in [-0.3, -0.25) is 0 Å². The van der Waals surface area contributed by atoms with Crippen LogP contribution in [0.25, 0.3) is 0 Å². The van der Waals surface area contributed by atoms with Crippen LogP contribution in [0.15, 0.2) is 42.5 Å². The van der Waals surface area contributed by atoms with Crippen LogP contribution in [0.1, 0.15) is 25.5 Å². The van der Waals surface area contributed by atoms with E-state index in [-0.39, 0.29) is 17.7 Å². The second-order valence-electron chi connectivity index (χ2n) is 4.69. The van der Waals surface area contributed by atoms with Crippen LogP contribution in [0.2, 0.25) is 0 Å². The Morgan fingerprint density at radius 3 is 2.40 bits per heavy atom. The van der Waals surface area contributed by atoms with E-state index in [0.717, 1.165) is 5.69 Å². The molecular weight excluding hydrogens is 258 g/mol. The smallest absolute Gasteiger partial charge is 0.146 e. The fraction of sp³-hybridized carbons (Fsp3) is 0.250. The van der Waals surface area contributed by atoms with Crippen LogP contribution in [0, 0.1) is 11.6 Å². The van der Waals surface area contributed by atoms with Gasteiger partial charge in [0.1, 0.15) is 11.6 Å². The Morgan fingerprint density at radius 1 is 1.10 bits per heavy atom. The molecule has 1 unspecified atom stereocenters. The number of para-hydroxylation sites is 1. The van der Waals surface area contributed by atoms with Crippen LogP contribution in [-0.4, -0.2) is 6.54 Å². The summed E-state index contributed by atoms with van der Waals surface area (Å²) in [4.78, 5) is 1.80. The number of anilines is 2. The highest BCUT2D eigenvalue weighted by Crippen LogP contribution is 2.33. The Balaban J connectivity index is 2.55. The highest BCUT2D eigenvalue weighted by molar-refractivity contribution is 5.67. The van der Waals surface area contributed by atoms with E-state index in [0.29, 0.717) is 17.8 Å². The normalized spacial score (nSPS) is 12.2. The van der Waals surface area contributed by atoms with Crippen LogP contribution in [0.3, 0.4) is 0 Å². The summed E-state index contributed by atoms with van der Waals surface area (Å²) in [6, 6.07) is 10.6. The van der Waals surface area contributed by atoms with E-state index in [4.69, 9.17) is 5.73 Å². The summed E-state index contributed by atoms with van der Waals surface area (Å²) in [6.45, 7) is 4.26. The van der Waals surface area contributed by atoms with E-state index in [2.05, 4.69) is 0 Å². The van der Waals surface area contributed by atoms with E-state index in [1.165, 1.54) is 18.2 Å². The molecule has 0 radical (unpaired) electrons. The summed E-state index contributed by atoms with van der Waals surface area (Å²) in [6.07, 6.45) is 0. The summed E-state index contributed by atoms with van der Waals surface area (Å²) >= 11 is 0. The third kappa shape index (κ3) is 2.80. The van der Waals surface area contributed by atoms with E-state index < -0.39 is 0 Å². The second-order valence-corrected chi connectivity index (χ2v) is 4.69. The van der Waals surface area contributed by atoms with Gasteiger partial charge in [-0.25, -0.2) is 8.78 Å². The molecule has 2 N–H and O–H groups in total. The van der Waals surface area contributed by atoms with E-state index in [1.807, 2.05) is 6.92 Å². The number of benzene rings is 2. The Hall–Kier alpha value is -1.94. The van der Waals surface area contributed by atoms with Gasteiger partial charge in [-0.15, -0.1) is 0 Å². The molecule has 0 fully saturated rings. The quantitative estimate of drug-likeness (QED) is 0.909. The molecule has 0 saturated carbocycles. The molecule has 4 heteroatoms. The van der Waals surface area contributed by atoms with E-state index in [9.17, 15) is 8.78 Å². The lowest BCUT2D eigenvalue weighted by molar-refractivity contribution is 0.619. The molecule has 2 aromatic carbocycles. The number of hydrogen-bond donors (Lipinski definition) is 1. The third-order valence-corrected chi connectivity index (χ3v) is 3.23. The number of nitrogens with zero attached hydrogens (tertiary/aromatic N) is 1. The predicted octanol–water partition coefficient (Wildman–Crippen LogP) is 4.14. The molecule has 0 saturated heterocycles. The highest BCUT2D eigenvalue weighted by atomic mass is 19.1. The molecule has 0 heterocycles. The summed E-state index contributed by atoms with van der Waals surface area (Å²) in [5.41, 5.74) is 7.76. The topological polar surface area (TPSA) is 29.3 Å². The van der Waals surface area contributed by atoms with Gasteiger partial charge < -0.3 is 10.6 Å². The first-order valence-corrected chi connectivity index (χ1v) is 6.61. The lowest BCUT2D eigenvalue weighted by Crippen LogP contribution is -2.21. The second kappa shape index (κ2) is 6.01. The monoisotopic (exact) mass is 276 g/mol. The standard InChI is InChI=1S/C16H18F2N2/c1-3-20(16-7-5-4-6-14(16)18)15-9-8-12(17)10-13(15)11(2)19/h4-11H,3,19H2,1-2H3. The number of rotatable bonds is 4. The van der Waals surface area contributed by atoms with Crippen molar-refractivity contribution in [3.05, 3.63) is 59.7 Å².